The number of unbranched alkanes of at least 4 members (excludes halogenated alkanes) is 12. The SMILES string of the molecule is CCCCCCCCCCCCCCCOCCOCCCNC(=O)CCC(=O)O. The van der Waals surface area contributed by atoms with Gasteiger partial charge in [0, 0.05) is 26.2 Å². The molecule has 0 unspecified atom stereocenters. The van der Waals surface area contributed by atoms with E-state index in [2.05, 4.69) is 12.2 Å². The number of nitrogens with one attached hydrogen (secondary N) is 1. The van der Waals surface area contributed by atoms with Crippen LogP contribution >= 0.6 is 0 Å². The Morgan fingerprint density at radius 2 is 1.10 bits per heavy atom. The van der Waals surface area contributed by atoms with E-state index in [1.807, 2.05) is 0 Å². The highest BCUT2D eigenvalue weighted by atomic mass is 16.5. The molecular weight excluding hydrogens is 382 g/mol. The zero-order valence-electron chi connectivity index (χ0n) is 19.4. The molecule has 2 N–H and O–H groups in total. The Labute approximate surface area is 184 Å². The van der Waals surface area contributed by atoms with Crippen LogP contribution in [0, 0.1) is 0 Å². The summed E-state index contributed by atoms with van der Waals surface area (Å²) in [6.07, 6.45) is 18.3. The van der Waals surface area contributed by atoms with Crippen LogP contribution in [-0.2, 0) is 19.1 Å². The minimum Gasteiger partial charge on any atom is -0.481 e. The van der Waals surface area contributed by atoms with Crippen LogP contribution in [0.2, 0.25) is 0 Å². The molecule has 178 valence electrons. The van der Waals surface area contributed by atoms with Crippen molar-refractivity contribution >= 4 is 11.9 Å². The van der Waals surface area contributed by atoms with Gasteiger partial charge in [-0.2, -0.15) is 0 Å². The van der Waals surface area contributed by atoms with Crippen molar-refractivity contribution < 1.29 is 24.2 Å². The fraction of sp³-hybridized carbons (Fsp3) is 0.917. The summed E-state index contributed by atoms with van der Waals surface area (Å²) in [5, 5.41) is 11.2. The van der Waals surface area contributed by atoms with E-state index in [1.165, 1.54) is 77.0 Å². The maximum Gasteiger partial charge on any atom is 0.303 e. The lowest BCUT2D eigenvalue weighted by molar-refractivity contribution is -0.138. The lowest BCUT2D eigenvalue weighted by Crippen LogP contribution is -2.25. The average molecular weight is 430 g/mol. The molecule has 0 bridgehead atoms. The summed E-state index contributed by atoms with van der Waals surface area (Å²) >= 11 is 0. The van der Waals surface area contributed by atoms with E-state index in [9.17, 15) is 9.59 Å². The van der Waals surface area contributed by atoms with Gasteiger partial charge in [0.2, 0.25) is 5.91 Å². The second kappa shape index (κ2) is 24.1. The van der Waals surface area contributed by atoms with E-state index in [1.54, 1.807) is 0 Å². The van der Waals surface area contributed by atoms with Gasteiger partial charge in [0.15, 0.2) is 0 Å². The van der Waals surface area contributed by atoms with Gasteiger partial charge in [-0.15, -0.1) is 0 Å². The topological polar surface area (TPSA) is 84.9 Å². The van der Waals surface area contributed by atoms with Crippen molar-refractivity contribution in [3.63, 3.8) is 0 Å². The first-order valence-electron chi connectivity index (χ1n) is 12.3. The van der Waals surface area contributed by atoms with Gasteiger partial charge in [-0.1, -0.05) is 84.0 Å². The minimum atomic E-state index is -0.952. The third kappa shape index (κ3) is 24.9. The molecule has 0 spiro atoms. The molecule has 0 saturated carbocycles. The van der Waals surface area contributed by atoms with Crippen LogP contribution in [0.4, 0.5) is 0 Å². The van der Waals surface area contributed by atoms with Crippen molar-refractivity contribution in [3.8, 4) is 0 Å². The van der Waals surface area contributed by atoms with E-state index < -0.39 is 5.97 Å². The largest absolute Gasteiger partial charge is 0.481 e. The first kappa shape index (κ1) is 28.9. The smallest absolute Gasteiger partial charge is 0.303 e. The summed E-state index contributed by atoms with van der Waals surface area (Å²) < 4.78 is 11.0. The van der Waals surface area contributed by atoms with E-state index in [-0.39, 0.29) is 18.7 Å². The zero-order valence-corrected chi connectivity index (χ0v) is 19.4. The van der Waals surface area contributed by atoms with Crippen LogP contribution in [0.15, 0.2) is 0 Å². The number of rotatable bonds is 24. The van der Waals surface area contributed by atoms with Crippen molar-refractivity contribution in [1.29, 1.82) is 0 Å². The second-order valence-electron chi connectivity index (χ2n) is 8.06. The fourth-order valence-corrected chi connectivity index (χ4v) is 3.25. The van der Waals surface area contributed by atoms with E-state index in [0.29, 0.717) is 26.4 Å². The number of carbonyl (C=O) groups excluding carboxylic acids is 1. The first-order chi connectivity index (χ1) is 14.7. The van der Waals surface area contributed by atoms with Crippen LogP contribution in [-0.4, -0.2) is 50.0 Å². The normalized spacial score (nSPS) is 11.0. The molecule has 0 aromatic rings. The van der Waals surface area contributed by atoms with Crippen molar-refractivity contribution in [2.45, 2.75) is 110 Å². The highest BCUT2D eigenvalue weighted by Crippen LogP contribution is 2.12. The molecule has 0 atom stereocenters. The molecule has 0 heterocycles. The molecule has 0 saturated heterocycles. The van der Waals surface area contributed by atoms with Crippen molar-refractivity contribution in [1.82, 2.24) is 5.32 Å². The number of hydrogen-bond acceptors (Lipinski definition) is 4. The molecule has 0 aromatic heterocycles. The Morgan fingerprint density at radius 3 is 1.60 bits per heavy atom. The summed E-state index contributed by atoms with van der Waals surface area (Å²) in [6, 6.07) is 0. The van der Waals surface area contributed by atoms with Crippen LogP contribution in [0.25, 0.3) is 0 Å². The van der Waals surface area contributed by atoms with E-state index in [4.69, 9.17) is 14.6 Å². The third-order valence-corrected chi connectivity index (χ3v) is 5.12. The lowest BCUT2D eigenvalue weighted by atomic mass is 10.0. The van der Waals surface area contributed by atoms with Gasteiger partial charge in [0.1, 0.15) is 0 Å². The molecule has 0 rings (SSSR count). The van der Waals surface area contributed by atoms with Crippen LogP contribution in [0.1, 0.15) is 110 Å². The van der Waals surface area contributed by atoms with Crippen molar-refractivity contribution in [2.24, 2.45) is 0 Å². The summed E-state index contributed by atoms with van der Waals surface area (Å²) in [5.74, 6) is -1.18. The summed E-state index contributed by atoms with van der Waals surface area (Å²) in [5.41, 5.74) is 0. The van der Waals surface area contributed by atoms with Crippen molar-refractivity contribution in [3.05, 3.63) is 0 Å². The summed E-state index contributed by atoms with van der Waals surface area (Å²) in [6.45, 7) is 5.35. The molecular formula is C24H47NO5. The predicted molar refractivity (Wildman–Crippen MR) is 122 cm³/mol. The molecule has 6 nitrogen and oxygen atoms in total. The zero-order chi connectivity index (χ0) is 22.1. The first-order valence-corrected chi connectivity index (χ1v) is 12.3. The number of carbonyl (C=O) groups is 2. The minimum absolute atomic E-state index is 0.0310. The maximum absolute atomic E-state index is 11.3. The van der Waals surface area contributed by atoms with Crippen molar-refractivity contribution in [2.75, 3.05) is 33.0 Å². The molecule has 0 aromatic carbocycles. The molecule has 30 heavy (non-hydrogen) atoms. The lowest BCUT2D eigenvalue weighted by Gasteiger charge is -2.07. The predicted octanol–water partition coefficient (Wildman–Crippen LogP) is 5.48. The summed E-state index contributed by atoms with van der Waals surface area (Å²) in [4.78, 5) is 21.7. The van der Waals surface area contributed by atoms with Gasteiger partial charge in [-0.25, -0.2) is 0 Å². The molecule has 0 aliphatic carbocycles. The van der Waals surface area contributed by atoms with Gasteiger partial charge in [-0.3, -0.25) is 9.59 Å². The number of ether oxygens (including phenoxy) is 2. The second-order valence-corrected chi connectivity index (χ2v) is 8.06. The molecule has 6 heteroatoms. The average Bonchev–Trinajstić information content (AvgIpc) is 2.73. The molecule has 0 aliphatic heterocycles. The fourth-order valence-electron chi connectivity index (χ4n) is 3.25. The monoisotopic (exact) mass is 429 g/mol. The quantitative estimate of drug-likeness (QED) is 0.198. The number of carboxylic acid groups (broad SMARTS) is 1. The Bertz CT molecular complexity index is 390. The van der Waals surface area contributed by atoms with Gasteiger partial charge >= 0.3 is 5.97 Å². The van der Waals surface area contributed by atoms with Gasteiger partial charge in [0.05, 0.1) is 19.6 Å². The molecule has 0 aliphatic rings. The van der Waals surface area contributed by atoms with Gasteiger partial charge in [0.25, 0.3) is 0 Å². The third-order valence-electron chi connectivity index (χ3n) is 5.12. The van der Waals surface area contributed by atoms with Gasteiger partial charge in [-0.05, 0) is 12.8 Å². The molecule has 0 fully saturated rings. The highest BCUT2D eigenvalue weighted by molar-refractivity contribution is 5.80. The summed E-state index contributed by atoms with van der Waals surface area (Å²) in [7, 11) is 0. The van der Waals surface area contributed by atoms with Crippen LogP contribution in [0.3, 0.4) is 0 Å². The Kier molecular flexibility index (Phi) is 23.2. The standard InChI is InChI=1S/C24H47NO5/c1-2-3-4-5-6-7-8-9-10-11-12-13-14-19-29-21-22-30-20-15-18-25-23(26)16-17-24(27)28/h2-22H2,1H3,(H,25,26)(H,27,28). The maximum atomic E-state index is 11.3. The number of aliphatic carboxylic acids is 1. The highest BCUT2D eigenvalue weighted by Gasteiger charge is 2.04. The number of carboxylic acids is 1. The Balaban J connectivity index is 3.08. The number of hydrogen-bond donors (Lipinski definition) is 2. The van der Waals surface area contributed by atoms with E-state index >= 15 is 0 Å². The van der Waals surface area contributed by atoms with Crippen LogP contribution in [0.5, 0.6) is 0 Å². The molecule has 0 radical (unpaired) electrons. The van der Waals surface area contributed by atoms with Crippen LogP contribution < -0.4 is 5.32 Å². The Hall–Kier alpha value is -1.14. The molecule has 1 amide bonds. The van der Waals surface area contributed by atoms with Gasteiger partial charge < -0.3 is 19.9 Å². The number of amides is 1. The van der Waals surface area contributed by atoms with E-state index in [0.717, 1.165) is 19.4 Å². The Morgan fingerprint density at radius 1 is 0.633 bits per heavy atom.